The van der Waals surface area contributed by atoms with E-state index in [1.54, 1.807) is 18.2 Å². The monoisotopic (exact) mass is 326 g/mol. The number of hydrogen-bond acceptors (Lipinski definition) is 5. The van der Waals surface area contributed by atoms with Crippen molar-refractivity contribution in [1.82, 2.24) is 5.32 Å². The van der Waals surface area contributed by atoms with E-state index in [2.05, 4.69) is 10.6 Å². The summed E-state index contributed by atoms with van der Waals surface area (Å²) in [7, 11) is 0. The molecule has 1 aliphatic heterocycles. The van der Waals surface area contributed by atoms with Crippen LogP contribution in [0.3, 0.4) is 0 Å². The Morgan fingerprint density at radius 2 is 2.05 bits per heavy atom. The molecular weight excluding hydrogens is 308 g/mol. The first-order valence-corrected chi connectivity index (χ1v) is 8.18. The summed E-state index contributed by atoms with van der Waals surface area (Å²) in [5, 5.41) is 14.1. The van der Waals surface area contributed by atoms with Crippen molar-refractivity contribution in [2.75, 3.05) is 30.5 Å². The number of carbonyl (C=O) groups excluding carboxylic acids is 1. The normalized spacial score (nSPS) is 14.0. The molecule has 0 saturated heterocycles. The number of amides is 2. The highest BCUT2D eigenvalue weighted by Crippen LogP contribution is 2.32. The van der Waals surface area contributed by atoms with E-state index in [0.717, 1.165) is 0 Å². The predicted molar refractivity (Wildman–Crippen MR) is 84.0 cm³/mol. The number of carbonyl (C=O) groups is 2. The van der Waals surface area contributed by atoms with Crippen LogP contribution >= 0.6 is 11.8 Å². The number of fused-ring (bicyclic) bond motifs is 1. The van der Waals surface area contributed by atoms with Gasteiger partial charge >= 0.3 is 12.0 Å². The Hall–Kier alpha value is -2.09. The second-order valence-electron chi connectivity index (χ2n) is 4.63. The summed E-state index contributed by atoms with van der Waals surface area (Å²) >= 11 is 1.53. The van der Waals surface area contributed by atoms with Crippen molar-refractivity contribution >= 4 is 29.4 Å². The molecule has 3 N–H and O–H groups in total. The van der Waals surface area contributed by atoms with Crippen LogP contribution in [0.1, 0.15) is 6.42 Å². The number of benzene rings is 1. The molecule has 0 spiro atoms. The maximum absolute atomic E-state index is 11.9. The molecule has 22 heavy (non-hydrogen) atoms. The smallest absolute Gasteiger partial charge is 0.326 e. The lowest BCUT2D eigenvalue weighted by atomic mass is 10.2. The molecule has 0 bridgehead atoms. The Morgan fingerprint density at radius 1 is 1.32 bits per heavy atom. The molecule has 0 saturated carbocycles. The molecule has 0 aromatic heterocycles. The van der Waals surface area contributed by atoms with Crippen LogP contribution in [-0.2, 0) is 4.79 Å². The van der Waals surface area contributed by atoms with E-state index in [-0.39, 0.29) is 0 Å². The van der Waals surface area contributed by atoms with Crippen LogP contribution in [0.5, 0.6) is 11.5 Å². The minimum Gasteiger partial charge on any atom is -0.486 e. The Bertz CT molecular complexity index is 552. The van der Waals surface area contributed by atoms with E-state index in [0.29, 0.717) is 42.6 Å². The van der Waals surface area contributed by atoms with Gasteiger partial charge in [0.2, 0.25) is 0 Å². The highest BCUT2D eigenvalue weighted by molar-refractivity contribution is 7.98. The summed E-state index contributed by atoms with van der Waals surface area (Å²) in [4.78, 5) is 23.0. The van der Waals surface area contributed by atoms with Gasteiger partial charge in [-0.15, -0.1) is 0 Å². The van der Waals surface area contributed by atoms with Crippen LogP contribution in [0, 0.1) is 0 Å². The zero-order chi connectivity index (χ0) is 15.9. The van der Waals surface area contributed by atoms with Gasteiger partial charge in [0, 0.05) is 11.8 Å². The molecule has 1 atom stereocenters. The number of carboxylic acids is 1. The largest absolute Gasteiger partial charge is 0.486 e. The van der Waals surface area contributed by atoms with E-state index in [4.69, 9.17) is 14.6 Å². The summed E-state index contributed by atoms with van der Waals surface area (Å²) in [5.41, 5.74) is 0.510. The molecule has 2 rings (SSSR count). The Labute approximate surface area is 132 Å². The number of nitrogens with one attached hydrogen (secondary N) is 2. The SMILES string of the molecule is CSCC[C@H](NC(=O)Nc1ccc2c(c1)OCCO2)C(=O)O. The third-order valence-corrected chi connectivity index (χ3v) is 3.66. The van der Waals surface area contributed by atoms with Gasteiger partial charge in [0.1, 0.15) is 19.3 Å². The second-order valence-corrected chi connectivity index (χ2v) is 5.61. The number of ether oxygens (including phenoxy) is 2. The Balaban J connectivity index is 1.94. The third kappa shape index (κ3) is 4.45. The molecule has 8 heteroatoms. The first kappa shape index (κ1) is 16.3. The summed E-state index contributed by atoms with van der Waals surface area (Å²) in [6.45, 7) is 0.953. The molecule has 1 heterocycles. The standard InChI is InChI=1S/C14H18N2O5S/c1-22-7-4-10(13(17)18)16-14(19)15-9-2-3-11-12(8-9)21-6-5-20-11/h2-3,8,10H,4-7H2,1H3,(H,17,18)(H2,15,16,19)/t10-/m0/s1. The van der Waals surface area contributed by atoms with Crippen molar-refractivity contribution < 1.29 is 24.2 Å². The first-order chi connectivity index (χ1) is 10.6. The Morgan fingerprint density at radius 3 is 2.73 bits per heavy atom. The highest BCUT2D eigenvalue weighted by atomic mass is 32.2. The van der Waals surface area contributed by atoms with Gasteiger partial charge in [0.25, 0.3) is 0 Å². The molecule has 0 radical (unpaired) electrons. The Kier molecular flexibility index (Phi) is 5.76. The highest BCUT2D eigenvalue weighted by Gasteiger charge is 2.20. The molecular formula is C14H18N2O5S. The van der Waals surface area contributed by atoms with Crippen molar-refractivity contribution in [3.63, 3.8) is 0 Å². The fourth-order valence-electron chi connectivity index (χ4n) is 1.94. The maximum atomic E-state index is 11.9. The average Bonchev–Trinajstić information content (AvgIpc) is 2.51. The maximum Gasteiger partial charge on any atom is 0.326 e. The second kappa shape index (κ2) is 7.79. The molecule has 0 unspecified atom stereocenters. The van der Waals surface area contributed by atoms with Crippen LogP contribution in [-0.4, -0.2) is 48.4 Å². The summed E-state index contributed by atoms with van der Waals surface area (Å²) in [6.07, 6.45) is 2.25. The molecule has 1 aromatic carbocycles. The van der Waals surface area contributed by atoms with Gasteiger partial charge in [-0.1, -0.05) is 0 Å². The van der Waals surface area contributed by atoms with Crippen molar-refractivity contribution in [3.8, 4) is 11.5 Å². The molecule has 2 amide bonds. The lowest BCUT2D eigenvalue weighted by Gasteiger charge is -2.19. The first-order valence-electron chi connectivity index (χ1n) is 6.79. The number of urea groups is 1. The molecule has 120 valence electrons. The zero-order valence-electron chi connectivity index (χ0n) is 12.1. The fraction of sp³-hybridized carbons (Fsp3) is 0.429. The minimum atomic E-state index is -1.05. The number of carboxylic acid groups (broad SMARTS) is 1. The minimum absolute atomic E-state index is 0.366. The lowest BCUT2D eigenvalue weighted by molar-refractivity contribution is -0.139. The number of anilines is 1. The number of rotatable bonds is 6. The van der Waals surface area contributed by atoms with E-state index < -0.39 is 18.0 Å². The van der Waals surface area contributed by atoms with Crippen LogP contribution in [0.25, 0.3) is 0 Å². The number of aliphatic carboxylic acids is 1. The molecule has 0 aliphatic carbocycles. The van der Waals surface area contributed by atoms with Crippen molar-refractivity contribution in [1.29, 1.82) is 0 Å². The quantitative estimate of drug-likeness (QED) is 0.737. The third-order valence-electron chi connectivity index (χ3n) is 3.01. The van der Waals surface area contributed by atoms with Crippen LogP contribution in [0.2, 0.25) is 0 Å². The average molecular weight is 326 g/mol. The molecule has 0 fully saturated rings. The van der Waals surface area contributed by atoms with Gasteiger partial charge in [-0.3, -0.25) is 0 Å². The van der Waals surface area contributed by atoms with Crippen molar-refractivity contribution in [2.24, 2.45) is 0 Å². The van der Waals surface area contributed by atoms with Crippen molar-refractivity contribution in [2.45, 2.75) is 12.5 Å². The van der Waals surface area contributed by atoms with E-state index in [9.17, 15) is 9.59 Å². The van der Waals surface area contributed by atoms with Gasteiger partial charge in [-0.25, -0.2) is 9.59 Å². The van der Waals surface area contributed by atoms with Crippen molar-refractivity contribution in [3.05, 3.63) is 18.2 Å². The van der Waals surface area contributed by atoms with Gasteiger partial charge in [0.15, 0.2) is 11.5 Å². The van der Waals surface area contributed by atoms with E-state index in [1.807, 2.05) is 6.26 Å². The molecule has 1 aliphatic rings. The van der Waals surface area contributed by atoms with E-state index in [1.165, 1.54) is 11.8 Å². The summed E-state index contributed by atoms with van der Waals surface area (Å²) in [6, 6.07) is 3.54. The number of thioether (sulfide) groups is 1. The van der Waals surface area contributed by atoms with E-state index >= 15 is 0 Å². The molecule has 1 aromatic rings. The predicted octanol–water partition coefficient (Wildman–Crippen LogP) is 1.79. The summed E-state index contributed by atoms with van der Waals surface area (Å²) < 4.78 is 10.8. The summed E-state index contributed by atoms with van der Waals surface area (Å²) in [5.74, 6) is 0.787. The van der Waals surface area contributed by atoms with Gasteiger partial charge in [-0.05, 0) is 30.6 Å². The van der Waals surface area contributed by atoms with Crippen LogP contribution < -0.4 is 20.1 Å². The topological polar surface area (TPSA) is 96.9 Å². The zero-order valence-corrected chi connectivity index (χ0v) is 12.9. The van der Waals surface area contributed by atoms with Gasteiger partial charge < -0.3 is 25.2 Å². The van der Waals surface area contributed by atoms with Gasteiger partial charge in [-0.2, -0.15) is 11.8 Å². The van der Waals surface area contributed by atoms with Gasteiger partial charge in [0.05, 0.1) is 0 Å². The lowest BCUT2D eigenvalue weighted by Crippen LogP contribution is -2.43. The fourth-order valence-corrected chi connectivity index (χ4v) is 2.41. The number of hydrogen-bond donors (Lipinski definition) is 3. The van der Waals surface area contributed by atoms with Crippen LogP contribution in [0.15, 0.2) is 18.2 Å². The molecule has 7 nitrogen and oxygen atoms in total. The van der Waals surface area contributed by atoms with Crippen LogP contribution in [0.4, 0.5) is 10.5 Å².